The van der Waals surface area contributed by atoms with E-state index in [1.54, 1.807) is 30.5 Å². The van der Waals surface area contributed by atoms with E-state index < -0.39 is 0 Å². The summed E-state index contributed by atoms with van der Waals surface area (Å²) in [5.74, 6) is 0.396. The van der Waals surface area contributed by atoms with Gasteiger partial charge in [-0.2, -0.15) is 0 Å². The second-order valence-corrected chi connectivity index (χ2v) is 7.13. The van der Waals surface area contributed by atoms with Crippen molar-refractivity contribution < 1.29 is 9.18 Å². The van der Waals surface area contributed by atoms with Gasteiger partial charge in [-0.3, -0.25) is 9.79 Å². The van der Waals surface area contributed by atoms with Crippen molar-refractivity contribution in [3.63, 3.8) is 0 Å². The standard InChI is InChI=1S/C19H23FN4OS.HI/c1-21-19(22-9-6-14-4-2-3-5-16(14)20)23-12-18(25)24-10-7-17-15(13-24)8-11-26-17;/h2-5,8,11H,6-7,9-10,12-13H2,1H3,(H2,21,22,23);1H. The highest BCUT2D eigenvalue weighted by Crippen LogP contribution is 2.23. The van der Waals surface area contributed by atoms with Gasteiger partial charge in [0.1, 0.15) is 5.82 Å². The van der Waals surface area contributed by atoms with Crippen LogP contribution in [0.15, 0.2) is 40.7 Å². The molecule has 5 nitrogen and oxygen atoms in total. The van der Waals surface area contributed by atoms with Crippen LogP contribution in [0.2, 0.25) is 0 Å². The van der Waals surface area contributed by atoms with Gasteiger partial charge in [0, 0.05) is 31.6 Å². The summed E-state index contributed by atoms with van der Waals surface area (Å²) < 4.78 is 13.6. The lowest BCUT2D eigenvalue weighted by atomic mass is 10.1. The maximum atomic E-state index is 13.6. The number of thiophene rings is 1. The van der Waals surface area contributed by atoms with E-state index in [0.717, 1.165) is 13.0 Å². The number of hydrogen-bond donors (Lipinski definition) is 2. The van der Waals surface area contributed by atoms with Crippen molar-refractivity contribution in [2.75, 3.05) is 26.7 Å². The fourth-order valence-electron chi connectivity index (χ4n) is 2.97. The summed E-state index contributed by atoms with van der Waals surface area (Å²) in [6.07, 6.45) is 1.47. The molecular formula is C19H24FIN4OS. The Morgan fingerprint density at radius 2 is 2.11 bits per heavy atom. The number of guanidine groups is 1. The Balaban J connectivity index is 0.00000261. The van der Waals surface area contributed by atoms with Crippen molar-refractivity contribution in [3.8, 4) is 0 Å². The summed E-state index contributed by atoms with van der Waals surface area (Å²) in [5.41, 5.74) is 1.91. The maximum Gasteiger partial charge on any atom is 0.242 e. The molecule has 0 bridgehead atoms. The van der Waals surface area contributed by atoms with Crippen LogP contribution < -0.4 is 10.6 Å². The average Bonchev–Trinajstić information content (AvgIpc) is 3.13. The zero-order valence-electron chi connectivity index (χ0n) is 15.2. The van der Waals surface area contributed by atoms with Crippen LogP contribution in [0.5, 0.6) is 0 Å². The second kappa shape index (κ2) is 10.6. The van der Waals surface area contributed by atoms with Crippen molar-refractivity contribution in [1.82, 2.24) is 15.5 Å². The van der Waals surface area contributed by atoms with Crippen molar-refractivity contribution >= 4 is 47.2 Å². The van der Waals surface area contributed by atoms with Crippen molar-refractivity contribution in [2.45, 2.75) is 19.4 Å². The van der Waals surface area contributed by atoms with E-state index in [2.05, 4.69) is 27.1 Å². The number of benzene rings is 1. The summed E-state index contributed by atoms with van der Waals surface area (Å²) in [5, 5.41) is 8.24. The van der Waals surface area contributed by atoms with Crippen molar-refractivity contribution in [2.24, 2.45) is 4.99 Å². The summed E-state index contributed by atoms with van der Waals surface area (Å²) >= 11 is 1.76. The van der Waals surface area contributed by atoms with Crippen molar-refractivity contribution in [3.05, 3.63) is 57.5 Å². The first-order valence-electron chi connectivity index (χ1n) is 8.68. The molecule has 146 valence electrons. The Morgan fingerprint density at radius 3 is 2.89 bits per heavy atom. The number of rotatable bonds is 5. The van der Waals surface area contributed by atoms with Gasteiger partial charge in [-0.05, 0) is 41.5 Å². The van der Waals surface area contributed by atoms with E-state index >= 15 is 0 Å². The SMILES string of the molecule is CN=C(NCCc1ccccc1F)NCC(=O)N1CCc2sccc2C1.I. The van der Waals surface area contributed by atoms with E-state index in [0.29, 0.717) is 31.0 Å². The predicted octanol–water partition coefficient (Wildman–Crippen LogP) is 2.80. The second-order valence-electron chi connectivity index (χ2n) is 6.13. The highest BCUT2D eigenvalue weighted by molar-refractivity contribution is 14.0. The molecule has 0 saturated heterocycles. The molecule has 1 aliphatic rings. The van der Waals surface area contributed by atoms with Crippen LogP contribution in [-0.4, -0.2) is 43.4 Å². The van der Waals surface area contributed by atoms with Crippen molar-refractivity contribution in [1.29, 1.82) is 0 Å². The number of aliphatic imine (C=N–C) groups is 1. The van der Waals surface area contributed by atoms with E-state index in [-0.39, 0.29) is 42.2 Å². The first-order valence-corrected chi connectivity index (χ1v) is 9.56. The zero-order valence-corrected chi connectivity index (χ0v) is 18.4. The third-order valence-corrected chi connectivity index (χ3v) is 5.46. The lowest BCUT2D eigenvalue weighted by Gasteiger charge is -2.27. The summed E-state index contributed by atoms with van der Waals surface area (Å²) in [4.78, 5) is 19.8. The van der Waals surface area contributed by atoms with Gasteiger partial charge < -0.3 is 15.5 Å². The molecule has 0 spiro atoms. The van der Waals surface area contributed by atoms with Crippen LogP contribution in [0.4, 0.5) is 4.39 Å². The largest absolute Gasteiger partial charge is 0.356 e. The zero-order chi connectivity index (χ0) is 18.4. The highest BCUT2D eigenvalue weighted by Gasteiger charge is 2.21. The van der Waals surface area contributed by atoms with Crippen LogP contribution in [-0.2, 0) is 24.2 Å². The monoisotopic (exact) mass is 502 g/mol. The fraction of sp³-hybridized carbons (Fsp3) is 0.368. The molecule has 2 N–H and O–H groups in total. The minimum Gasteiger partial charge on any atom is -0.356 e. The third kappa shape index (κ3) is 5.90. The van der Waals surface area contributed by atoms with Gasteiger partial charge in [0.15, 0.2) is 5.96 Å². The quantitative estimate of drug-likeness (QED) is 0.376. The first-order chi connectivity index (χ1) is 12.7. The number of nitrogens with one attached hydrogen (secondary N) is 2. The lowest BCUT2D eigenvalue weighted by molar-refractivity contribution is -0.130. The van der Waals surface area contributed by atoms with Gasteiger partial charge >= 0.3 is 0 Å². The molecule has 1 amide bonds. The molecule has 1 aromatic carbocycles. The molecule has 0 unspecified atom stereocenters. The van der Waals surface area contributed by atoms with E-state index in [1.165, 1.54) is 16.5 Å². The molecule has 27 heavy (non-hydrogen) atoms. The number of carbonyl (C=O) groups excluding carboxylic acids is 1. The predicted molar refractivity (Wildman–Crippen MR) is 118 cm³/mol. The Kier molecular flexibility index (Phi) is 8.49. The molecule has 2 heterocycles. The Bertz CT molecular complexity index is 796. The molecule has 0 radical (unpaired) electrons. The topological polar surface area (TPSA) is 56.7 Å². The van der Waals surface area contributed by atoms with Crippen LogP contribution in [0.25, 0.3) is 0 Å². The molecule has 0 aliphatic carbocycles. The van der Waals surface area contributed by atoms with E-state index in [9.17, 15) is 9.18 Å². The van der Waals surface area contributed by atoms with Gasteiger partial charge in [0.2, 0.25) is 5.91 Å². The Labute approximate surface area is 180 Å². The molecule has 0 saturated carbocycles. The smallest absolute Gasteiger partial charge is 0.242 e. The van der Waals surface area contributed by atoms with Gasteiger partial charge in [-0.15, -0.1) is 35.3 Å². The Morgan fingerprint density at radius 1 is 1.30 bits per heavy atom. The molecule has 2 aromatic rings. The average molecular weight is 502 g/mol. The van der Waals surface area contributed by atoms with Crippen LogP contribution in [0.3, 0.4) is 0 Å². The summed E-state index contributed by atoms with van der Waals surface area (Å²) in [6, 6.07) is 8.82. The van der Waals surface area contributed by atoms with Gasteiger partial charge in [-0.25, -0.2) is 4.39 Å². The number of fused-ring (bicyclic) bond motifs is 1. The number of hydrogen-bond acceptors (Lipinski definition) is 3. The number of halogens is 2. The van der Waals surface area contributed by atoms with Gasteiger partial charge in [0.05, 0.1) is 6.54 Å². The van der Waals surface area contributed by atoms with Crippen LogP contribution >= 0.6 is 35.3 Å². The lowest BCUT2D eigenvalue weighted by Crippen LogP contribution is -2.46. The highest BCUT2D eigenvalue weighted by atomic mass is 127. The van der Waals surface area contributed by atoms with E-state index in [4.69, 9.17) is 0 Å². The first kappa shape index (κ1) is 21.6. The van der Waals surface area contributed by atoms with Gasteiger partial charge in [0.25, 0.3) is 0 Å². The molecule has 1 aliphatic heterocycles. The number of carbonyl (C=O) groups is 1. The third-order valence-electron chi connectivity index (χ3n) is 4.44. The number of nitrogens with zero attached hydrogens (tertiary/aromatic N) is 2. The van der Waals surface area contributed by atoms with Gasteiger partial charge in [-0.1, -0.05) is 18.2 Å². The normalized spacial score (nSPS) is 13.6. The van der Waals surface area contributed by atoms with Crippen LogP contribution in [0, 0.1) is 5.82 Å². The fourth-order valence-corrected chi connectivity index (χ4v) is 3.86. The minimum absolute atomic E-state index is 0. The maximum absolute atomic E-state index is 13.6. The molecule has 1 aromatic heterocycles. The van der Waals surface area contributed by atoms with Crippen LogP contribution in [0.1, 0.15) is 16.0 Å². The summed E-state index contributed by atoms with van der Waals surface area (Å²) in [7, 11) is 1.65. The molecule has 3 rings (SSSR count). The molecule has 0 atom stereocenters. The molecular weight excluding hydrogens is 478 g/mol. The van der Waals surface area contributed by atoms with E-state index in [1.807, 2.05) is 11.0 Å². The number of amides is 1. The Hall–Kier alpha value is -1.68. The molecule has 8 heteroatoms. The molecule has 0 fully saturated rings. The summed E-state index contributed by atoms with van der Waals surface area (Å²) in [6.45, 7) is 2.17. The minimum atomic E-state index is -0.203.